The lowest BCUT2D eigenvalue weighted by Crippen LogP contribution is -2.32. The number of hydrazone groups is 1. The van der Waals surface area contributed by atoms with Crippen molar-refractivity contribution >= 4 is 12.0 Å². The Bertz CT molecular complexity index is 639. The minimum atomic E-state index is -0.486. The SMILES string of the molecule is Cn1c(=O)cc(N/N=C/c2ccccc2)[nH]c1=O. The number of hydrogen-bond donors (Lipinski definition) is 2. The lowest BCUT2D eigenvalue weighted by molar-refractivity contribution is 0.777. The molecule has 2 rings (SSSR count). The summed E-state index contributed by atoms with van der Waals surface area (Å²) in [5, 5.41) is 3.93. The summed E-state index contributed by atoms with van der Waals surface area (Å²) in [6, 6.07) is 10.7. The minimum Gasteiger partial charge on any atom is -0.292 e. The van der Waals surface area contributed by atoms with E-state index in [4.69, 9.17) is 0 Å². The van der Waals surface area contributed by atoms with Gasteiger partial charge in [-0.1, -0.05) is 30.3 Å². The number of anilines is 1. The molecule has 0 aliphatic carbocycles. The highest BCUT2D eigenvalue weighted by atomic mass is 16.2. The third-order valence-corrected chi connectivity index (χ3v) is 2.34. The van der Waals surface area contributed by atoms with Gasteiger partial charge in [0.15, 0.2) is 0 Å². The third-order valence-electron chi connectivity index (χ3n) is 2.34. The van der Waals surface area contributed by atoms with Gasteiger partial charge in [0.1, 0.15) is 5.82 Å². The van der Waals surface area contributed by atoms with Crippen molar-refractivity contribution < 1.29 is 0 Å². The van der Waals surface area contributed by atoms with Crippen molar-refractivity contribution in [3.8, 4) is 0 Å². The average molecular weight is 244 g/mol. The molecule has 92 valence electrons. The maximum Gasteiger partial charge on any atom is 0.329 e. The second-order valence-electron chi connectivity index (χ2n) is 3.67. The predicted molar refractivity (Wildman–Crippen MR) is 70.0 cm³/mol. The molecular formula is C12H12N4O2. The Morgan fingerprint density at radius 1 is 1.28 bits per heavy atom. The zero-order chi connectivity index (χ0) is 13.0. The first-order valence-electron chi connectivity index (χ1n) is 5.31. The molecule has 0 bridgehead atoms. The lowest BCUT2D eigenvalue weighted by atomic mass is 10.2. The van der Waals surface area contributed by atoms with Crippen LogP contribution >= 0.6 is 0 Å². The van der Waals surface area contributed by atoms with Gasteiger partial charge in [0.25, 0.3) is 5.56 Å². The maximum atomic E-state index is 11.3. The molecule has 0 saturated heterocycles. The highest BCUT2D eigenvalue weighted by Crippen LogP contribution is 1.96. The fraction of sp³-hybridized carbons (Fsp3) is 0.0833. The molecule has 18 heavy (non-hydrogen) atoms. The summed E-state index contributed by atoms with van der Waals surface area (Å²) < 4.78 is 0.978. The average Bonchev–Trinajstić information content (AvgIpc) is 2.37. The Morgan fingerprint density at radius 3 is 2.67 bits per heavy atom. The summed E-state index contributed by atoms with van der Waals surface area (Å²) in [4.78, 5) is 25.1. The highest BCUT2D eigenvalue weighted by Gasteiger charge is 1.98. The maximum absolute atomic E-state index is 11.3. The smallest absolute Gasteiger partial charge is 0.292 e. The van der Waals surface area contributed by atoms with Gasteiger partial charge in [0.05, 0.1) is 6.21 Å². The van der Waals surface area contributed by atoms with Crippen molar-refractivity contribution in [1.29, 1.82) is 0 Å². The third kappa shape index (κ3) is 2.73. The number of H-pyrrole nitrogens is 1. The van der Waals surface area contributed by atoms with Crippen molar-refractivity contribution in [2.24, 2.45) is 12.1 Å². The number of aromatic amines is 1. The van der Waals surface area contributed by atoms with Crippen LogP contribution in [0.25, 0.3) is 0 Å². The lowest BCUT2D eigenvalue weighted by Gasteiger charge is -2.00. The van der Waals surface area contributed by atoms with Crippen LogP contribution in [0.3, 0.4) is 0 Å². The van der Waals surface area contributed by atoms with Gasteiger partial charge in [-0.3, -0.25) is 19.8 Å². The van der Waals surface area contributed by atoms with E-state index in [1.54, 1.807) is 6.21 Å². The first-order chi connectivity index (χ1) is 8.66. The van der Waals surface area contributed by atoms with Gasteiger partial charge in [-0.15, -0.1) is 0 Å². The molecule has 1 aromatic heterocycles. The number of hydrogen-bond acceptors (Lipinski definition) is 4. The first-order valence-corrected chi connectivity index (χ1v) is 5.31. The Hall–Kier alpha value is -2.63. The molecule has 0 aliphatic heterocycles. The van der Waals surface area contributed by atoms with Crippen LogP contribution in [0, 0.1) is 0 Å². The summed E-state index contributed by atoms with van der Waals surface area (Å²) >= 11 is 0. The predicted octanol–water partition coefficient (Wildman–Crippen LogP) is 0.520. The Labute approximate surface area is 103 Å². The molecule has 0 radical (unpaired) electrons. The van der Waals surface area contributed by atoms with E-state index in [-0.39, 0.29) is 5.82 Å². The molecule has 2 aromatic rings. The van der Waals surface area contributed by atoms with Crippen LogP contribution in [0.4, 0.5) is 5.82 Å². The Balaban J connectivity index is 2.14. The topological polar surface area (TPSA) is 79.2 Å². The summed E-state index contributed by atoms with van der Waals surface area (Å²) in [6.07, 6.45) is 1.59. The van der Waals surface area contributed by atoms with E-state index in [0.717, 1.165) is 10.1 Å². The van der Waals surface area contributed by atoms with Crippen molar-refractivity contribution in [2.75, 3.05) is 5.43 Å². The second kappa shape index (κ2) is 5.13. The van der Waals surface area contributed by atoms with E-state index < -0.39 is 11.2 Å². The van der Waals surface area contributed by atoms with Crippen molar-refractivity contribution in [3.05, 3.63) is 62.8 Å². The Morgan fingerprint density at radius 2 is 2.00 bits per heavy atom. The molecule has 0 amide bonds. The zero-order valence-electron chi connectivity index (χ0n) is 9.75. The quantitative estimate of drug-likeness (QED) is 0.610. The van der Waals surface area contributed by atoms with E-state index in [2.05, 4.69) is 15.5 Å². The largest absolute Gasteiger partial charge is 0.329 e. The molecule has 0 aliphatic rings. The zero-order valence-corrected chi connectivity index (χ0v) is 9.75. The van der Waals surface area contributed by atoms with E-state index >= 15 is 0 Å². The highest BCUT2D eigenvalue weighted by molar-refractivity contribution is 5.79. The molecule has 0 atom stereocenters. The summed E-state index contributed by atoms with van der Waals surface area (Å²) in [6.45, 7) is 0. The molecule has 0 fully saturated rings. The van der Waals surface area contributed by atoms with Crippen molar-refractivity contribution in [3.63, 3.8) is 0 Å². The monoisotopic (exact) mass is 244 g/mol. The molecule has 0 spiro atoms. The molecule has 0 saturated carbocycles. The van der Waals surface area contributed by atoms with Crippen LogP contribution in [0.1, 0.15) is 5.56 Å². The van der Waals surface area contributed by atoms with Gasteiger partial charge in [-0.05, 0) is 5.56 Å². The fourth-order valence-corrected chi connectivity index (χ4v) is 1.33. The van der Waals surface area contributed by atoms with E-state index in [0.29, 0.717) is 0 Å². The van der Waals surface area contributed by atoms with E-state index in [9.17, 15) is 9.59 Å². The standard InChI is InChI=1S/C12H12N4O2/c1-16-11(17)7-10(14-12(16)18)15-13-8-9-5-3-2-4-6-9/h2-8,15H,1H3,(H,14,18)/b13-8+. The fourth-order valence-electron chi connectivity index (χ4n) is 1.33. The number of rotatable bonds is 3. The van der Waals surface area contributed by atoms with Crippen LogP contribution < -0.4 is 16.7 Å². The molecule has 2 N–H and O–H groups in total. The van der Waals surface area contributed by atoms with Crippen LogP contribution in [0.5, 0.6) is 0 Å². The second-order valence-corrected chi connectivity index (χ2v) is 3.67. The van der Waals surface area contributed by atoms with Crippen LogP contribution in [-0.4, -0.2) is 15.8 Å². The van der Waals surface area contributed by atoms with Gasteiger partial charge < -0.3 is 0 Å². The van der Waals surface area contributed by atoms with Crippen molar-refractivity contribution in [1.82, 2.24) is 9.55 Å². The summed E-state index contributed by atoms with van der Waals surface area (Å²) in [5.74, 6) is 0.260. The minimum absolute atomic E-state index is 0.260. The van der Waals surface area contributed by atoms with Crippen LogP contribution in [0.2, 0.25) is 0 Å². The van der Waals surface area contributed by atoms with E-state index in [1.165, 1.54) is 13.1 Å². The normalized spacial score (nSPS) is 10.7. The van der Waals surface area contributed by atoms with Crippen molar-refractivity contribution in [2.45, 2.75) is 0 Å². The molecule has 6 nitrogen and oxygen atoms in total. The molecular weight excluding hydrogens is 232 g/mol. The Kier molecular flexibility index (Phi) is 3.38. The summed E-state index contributed by atoms with van der Waals surface area (Å²) in [7, 11) is 1.40. The van der Waals surface area contributed by atoms with Gasteiger partial charge in [-0.2, -0.15) is 5.10 Å². The van der Waals surface area contributed by atoms with Crippen LogP contribution in [-0.2, 0) is 7.05 Å². The van der Waals surface area contributed by atoms with E-state index in [1.807, 2.05) is 30.3 Å². The van der Waals surface area contributed by atoms with Crippen LogP contribution in [0.15, 0.2) is 51.1 Å². The molecule has 1 aromatic carbocycles. The van der Waals surface area contributed by atoms with Gasteiger partial charge in [0, 0.05) is 13.1 Å². The number of nitrogens with zero attached hydrogens (tertiary/aromatic N) is 2. The van der Waals surface area contributed by atoms with Gasteiger partial charge in [0.2, 0.25) is 0 Å². The van der Waals surface area contributed by atoms with Gasteiger partial charge >= 0.3 is 5.69 Å². The number of nitrogens with one attached hydrogen (secondary N) is 2. The molecule has 0 unspecified atom stereocenters. The number of benzene rings is 1. The molecule has 1 heterocycles. The number of aromatic nitrogens is 2. The van der Waals surface area contributed by atoms with Gasteiger partial charge in [-0.25, -0.2) is 4.79 Å². The summed E-state index contributed by atoms with van der Waals surface area (Å²) in [5.41, 5.74) is 2.64. The molecule has 6 heteroatoms. The first kappa shape index (κ1) is 11.8.